The predicted molar refractivity (Wildman–Crippen MR) is 123 cm³/mol. The molecule has 2 heterocycles. The van der Waals surface area contributed by atoms with E-state index in [0.717, 1.165) is 41.3 Å². The molecule has 0 fully saturated rings. The summed E-state index contributed by atoms with van der Waals surface area (Å²) in [6, 6.07) is 25.3. The minimum atomic E-state index is 0.757. The van der Waals surface area contributed by atoms with Gasteiger partial charge in [-0.3, -0.25) is 0 Å². The molecule has 0 spiro atoms. The molecule has 0 aliphatic heterocycles. The SMILES string of the molecule is Cc1ccc(-c2nc(CCc3c[nH]c4ccccc34)oc2-c2ccc(C)cc2)cc1. The monoisotopic (exact) mass is 392 g/mol. The van der Waals surface area contributed by atoms with Crippen molar-refractivity contribution in [3.05, 3.63) is 102 Å². The van der Waals surface area contributed by atoms with Gasteiger partial charge < -0.3 is 9.40 Å². The van der Waals surface area contributed by atoms with Crippen molar-refractivity contribution in [2.24, 2.45) is 0 Å². The Bertz CT molecular complexity index is 1230. The number of aromatic nitrogens is 2. The van der Waals surface area contributed by atoms with Gasteiger partial charge in [0, 0.05) is 34.6 Å². The number of benzene rings is 3. The Labute approximate surface area is 176 Å². The number of nitrogens with one attached hydrogen (secondary N) is 1. The number of oxazole rings is 1. The van der Waals surface area contributed by atoms with E-state index < -0.39 is 0 Å². The first-order valence-electron chi connectivity index (χ1n) is 10.4. The number of H-pyrrole nitrogens is 1. The summed E-state index contributed by atoms with van der Waals surface area (Å²) < 4.78 is 6.31. The first kappa shape index (κ1) is 18.4. The highest BCUT2D eigenvalue weighted by atomic mass is 16.4. The van der Waals surface area contributed by atoms with E-state index in [0.29, 0.717) is 0 Å². The van der Waals surface area contributed by atoms with Gasteiger partial charge in [-0.05, 0) is 31.9 Å². The van der Waals surface area contributed by atoms with E-state index in [-0.39, 0.29) is 0 Å². The third-order valence-electron chi connectivity index (χ3n) is 5.59. The molecule has 1 N–H and O–H groups in total. The molecule has 148 valence electrons. The lowest BCUT2D eigenvalue weighted by molar-refractivity contribution is 0.506. The molecular weight excluding hydrogens is 368 g/mol. The van der Waals surface area contributed by atoms with Gasteiger partial charge in [0.15, 0.2) is 11.7 Å². The van der Waals surface area contributed by atoms with Crippen molar-refractivity contribution in [2.45, 2.75) is 26.7 Å². The van der Waals surface area contributed by atoms with Crippen LogP contribution in [0.5, 0.6) is 0 Å². The smallest absolute Gasteiger partial charge is 0.195 e. The van der Waals surface area contributed by atoms with Crippen molar-refractivity contribution < 1.29 is 4.42 Å². The van der Waals surface area contributed by atoms with Crippen molar-refractivity contribution in [1.82, 2.24) is 9.97 Å². The summed E-state index contributed by atoms with van der Waals surface area (Å²) in [5, 5.41) is 1.27. The maximum atomic E-state index is 6.31. The number of rotatable bonds is 5. The van der Waals surface area contributed by atoms with Crippen LogP contribution in [0.2, 0.25) is 0 Å². The Morgan fingerprint density at radius 1 is 0.767 bits per heavy atom. The molecule has 0 aliphatic rings. The van der Waals surface area contributed by atoms with Crippen LogP contribution in [-0.4, -0.2) is 9.97 Å². The van der Waals surface area contributed by atoms with Gasteiger partial charge in [0.1, 0.15) is 5.69 Å². The molecule has 0 saturated carbocycles. The van der Waals surface area contributed by atoms with E-state index in [4.69, 9.17) is 9.40 Å². The minimum absolute atomic E-state index is 0.757. The summed E-state index contributed by atoms with van der Waals surface area (Å²) in [6.45, 7) is 4.19. The summed E-state index contributed by atoms with van der Waals surface area (Å²) in [5.74, 6) is 1.61. The van der Waals surface area contributed by atoms with Crippen LogP contribution in [0.3, 0.4) is 0 Å². The van der Waals surface area contributed by atoms with Crippen LogP contribution >= 0.6 is 0 Å². The lowest BCUT2D eigenvalue weighted by atomic mass is 10.0. The normalized spacial score (nSPS) is 11.3. The van der Waals surface area contributed by atoms with Gasteiger partial charge in [-0.2, -0.15) is 0 Å². The van der Waals surface area contributed by atoms with Crippen molar-refractivity contribution in [3.8, 4) is 22.6 Å². The van der Waals surface area contributed by atoms with Crippen LogP contribution in [0, 0.1) is 13.8 Å². The molecule has 3 aromatic carbocycles. The number of aryl methyl sites for hydroxylation is 4. The van der Waals surface area contributed by atoms with Gasteiger partial charge in [-0.25, -0.2) is 4.98 Å². The lowest BCUT2D eigenvalue weighted by Crippen LogP contribution is -1.91. The number of hydrogen-bond acceptors (Lipinski definition) is 2. The van der Waals surface area contributed by atoms with Crippen LogP contribution in [0.1, 0.15) is 22.6 Å². The molecule has 0 atom stereocenters. The van der Waals surface area contributed by atoms with Crippen molar-refractivity contribution in [3.63, 3.8) is 0 Å². The van der Waals surface area contributed by atoms with Crippen LogP contribution in [0.25, 0.3) is 33.5 Å². The number of hydrogen-bond donors (Lipinski definition) is 1. The molecule has 0 bridgehead atoms. The van der Waals surface area contributed by atoms with Crippen LogP contribution in [0.4, 0.5) is 0 Å². The minimum Gasteiger partial charge on any atom is -0.440 e. The highest BCUT2D eigenvalue weighted by Gasteiger charge is 2.17. The highest BCUT2D eigenvalue weighted by Crippen LogP contribution is 2.33. The number of fused-ring (bicyclic) bond motifs is 1. The summed E-state index contributed by atoms with van der Waals surface area (Å²) in [7, 11) is 0. The summed E-state index contributed by atoms with van der Waals surface area (Å²) in [5.41, 5.74) is 7.97. The van der Waals surface area contributed by atoms with E-state index in [1.807, 2.05) is 0 Å². The molecule has 5 rings (SSSR count). The standard InChI is InChI=1S/C27H24N2O/c1-18-7-11-20(12-8-18)26-27(21-13-9-19(2)10-14-21)30-25(29-26)16-15-22-17-28-24-6-4-3-5-23(22)24/h3-14,17,28H,15-16H2,1-2H3. The Morgan fingerprint density at radius 2 is 1.43 bits per heavy atom. The molecule has 2 aromatic heterocycles. The molecule has 0 radical (unpaired) electrons. The molecule has 5 aromatic rings. The second-order valence-electron chi connectivity index (χ2n) is 7.88. The maximum absolute atomic E-state index is 6.31. The summed E-state index contributed by atoms with van der Waals surface area (Å²) in [6.07, 6.45) is 3.73. The van der Waals surface area contributed by atoms with Gasteiger partial charge in [0.05, 0.1) is 0 Å². The van der Waals surface area contributed by atoms with Gasteiger partial charge in [-0.1, -0.05) is 77.9 Å². The highest BCUT2D eigenvalue weighted by molar-refractivity contribution is 5.83. The third kappa shape index (κ3) is 3.55. The summed E-state index contributed by atoms with van der Waals surface area (Å²) >= 11 is 0. The molecule has 3 nitrogen and oxygen atoms in total. The van der Waals surface area contributed by atoms with Gasteiger partial charge in [-0.15, -0.1) is 0 Å². The fourth-order valence-electron chi connectivity index (χ4n) is 3.86. The van der Waals surface area contributed by atoms with E-state index in [9.17, 15) is 0 Å². The zero-order chi connectivity index (χ0) is 20.5. The Morgan fingerprint density at radius 3 is 2.17 bits per heavy atom. The van der Waals surface area contributed by atoms with Crippen molar-refractivity contribution in [2.75, 3.05) is 0 Å². The zero-order valence-corrected chi connectivity index (χ0v) is 17.3. The Hall–Kier alpha value is -3.59. The van der Waals surface area contributed by atoms with Crippen LogP contribution in [-0.2, 0) is 12.8 Å². The quantitative estimate of drug-likeness (QED) is 0.354. The number of para-hydroxylation sites is 1. The molecule has 0 unspecified atom stereocenters. The first-order chi connectivity index (χ1) is 14.7. The van der Waals surface area contributed by atoms with Crippen molar-refractivity contribution in [1.29, 1.82) is 0 Å². The Kier molecular flexibility index (Phi) is 4.72. The van der Waals surface area contributed by atoms with Gasteiger partial charge >= 0.3 is 0 Å². The zero-order valence-electron chi connectivity index (χ0n) is 17.3. The van der Waals surface area contributed by atoms with Crippen molar-refractivity contribution >= 4 is 10.9 Å². The fourth-order valence-corrected chi connectivity index (χ4v) is 3.86. The average molecular weight is 393 g/mol. The molecular formula is C27H24N2O. The van der Waals surface area contributed by atoms with Crippen LogP contribution < -0.4 is 0 Å². The van der Waals surface area contributed by atoms with Gasteiger partial charge in [0.2, 0.25) is 0 Å². The fraction of sp³-hybridized carbons (Fsp3) is 0.148. The molecule has 30 heavy (non-hydrogen) atoms. The number of nitrogens with zero attached hydrogens (tertiary/aromatic N) is 1. The second-order valence-corrected chi connectivity index (χ2v) is 7.88. The molecule has 0 saturated heterocycles. The average Bonchev–Trinajstić information content (AvgIpc) is 3.38. The molecule has 0 amide bonds. The predicted octanol–water partition coefficient (Wildman–Crippen LogP) is 6.89. The lowest BCUT2D eigenvalue weighted by Gasteiger charge is -2.03. The first-order valence-corrected chi connectivity index (χ1v) is 10.4. The Balaban J connectivity index is 1.50. The van der Waals surface area contributed by atoms with Gasteiger partial charge in [0.25, 0.3) is 0 Å². The van der Waals surface area contributed by atoms with E-state index >= 15 is 0 Å². The number of aromatic amines is 1. The van der Waals surface area contributed by atoms with E-state index in [1.54, 1.807) is 0 Å². The third-order valence-corrected chi connectivity index (χ3v) is 5.59. The maximum Gasteiger partial charge on any atom is 0.195 e. The topological polar surface area (TPSA) is 41.8 Å². The molecule has 0 aliphatic carbocycles. The largest absolute Gasteiger partial charge is 0.440 e. The van der Waals surface area contributed by atoms with E-state index in [1.165, 1.54) is 27.6 Å². The van der Waals surface area contributed by atoms with Crippen LogP contribution in [0.15, 0.2) is 83.4 Å². The molecule has 3 heteroatoms. The van der Waals surface area contributed by atoms with E-state index in [2.05, 4.69) is 97.8 Å². The summed E-state index contributed by atoms with van der Waals surface area (Å²) in [4.78, 5) is 8.26. The second kappa shape index (κ2) is 7.68.